The number of halogens is 5. The van der Waals surface area contributed by atoms with Crippen LogP contribution in [0.3, 0.4) is 0 Å². The van der Waals surface area contributed by atoms with Crippen molar-refractivity contribution in [2.24, 2.45) is 0 Å². The van der Waals surface area contributed by atoms with Crippen molar-refractivity contribution < 1.29 is 28.2 Å². The van der Waals surface area contributed by atoms with Crippen LogP contribution in [0.5, 0.6) is 0 Å². The van der Waals surface area contributed by atoms with E-state index < -0.39 is 41.8 Å². The quantitative estimate of drug-likeness (QED) is 0.332. The van der Waals surface area contributed by atoms with Crippen LogP contribution in [-0.2, 0) is 0 Å². The molecule has 1 unspecified atom stereocenters. The molecule has 10 heteroatoms. The van der Waals surface area contributed by atoms with Gasteiger partial charge in [-0.2, -0.15) is 0 Å². The maximum absolute atomic E-state index is 14.4. The molecular weight excluding hydrogens is 532 g/mol. The Morgan fingerprint density at radius 1 is 1.23 bits per heavy atom. The van der Waals surface area contributed by atoms with Gasteiger partial charge in [-0.05, 0) is 62.8 Å². The fourth-order valence-electron chi connectivity index (χ4n) is 1.99. The van der Waals surface area contributed by atoms with Gasteiger partial charge in [0.15, 0.2) is 11.6 Å². The lowest BCUT2D eigenvalue weighted by atomic mass is 10.1. The van der Waals surface area contributed by atoms with Crippen LogP contribution in [0.15, 0.2) is 28.7 Å². The van der Waals surface area contributed by atoms with E-state index in [0.717, 1.165) is 6.07 Å². The highest BCUT2D eigenvalue weighted by molar-refractivity contribution is 14.1. The van der Waals surface area contributed by atoms with E-state index in [2.05, 4.69) is 26.6 Å². The predicted octanol–water partition coefficient (Wildman–Crippen LogP) is 3.30. The van der Waals surface area contributed by atoms with Crippen molar-refractivity contribution in [3.63, 3.8) is 0 Å². The Labute approximate surface area is 168 Å². The average Bonchev–Trinajstić information content (AvgIpc) is 2.61. The van der Waals surface area contributed by atoms with Crippen molar-refractivity contribution in [1.82, 2.24) is 5.32 Å². The van der Waals surface area contributed by atoms with E-state index in [-0.39, 0.29) is 22.3 Å². The topological polar surface area (TPSA) is 81.6 Å². The van der Waals surface area contributed by atoms with Crippen molar-refractivity contribution in [2.75, 3.05) is 18.5 Å². The number of nitrogens with one attached hydrogen (secondary N) is 2. The van der Waals surface area contributed by atoms with Crippen LogP contribution < -0.4 is 10.6 Å². The monoisotopic (exact) mass is 544 g/mol. The number of rotatable bonds is 6. The molecule has 0 spiro atoms. The molecule has 5 nitrogen and oxygen atoms in total. The molecule has 1 atom stereocenters. The Balaban J connectivity index is 2.43. The molecule has 0 saturated heterocycles. The lowest BCUT2D eigenvalue weighted by Crippen LogP contribution is -2.34. The summed E-state index contributed by atoms with van der Waals surface area (Å²) in [6, 6.07) is 5.10. The maximum atomic E-state index is 14.4. The first kappa shape index (κ1) is 20.9. The Hall–Kier alpha value is -1.37. The first-order valence-corrected chi connectivity index (χ1v) is 9.08. The number of aliphatic hydroxyl groups excluding tert-OH is 2. The van der Waals surface area contributed by atoms with Gasteiger partial charge in [0.25, 0.3) is 5.91 Å². The third-order valence-corrected chi connectivity index (χ3v) is 4.55. The second-order valence-corrected chi connectivity index (χ2v) is 7.30. The number of hydrogen-bond donors (Lipinski definition) is 4. The van der Waals surface area contributed by atoms with Crippen molar-refractivity contribution in [3.8, 4) is 0 Å². The summed E-state index contributed by atoms with van der Waals surface area (Å²) in [6.45, 7) is -0.885. The Bertz CT molecular complexity index is 839. The van der Waals surface area contributed by atoms with Gasteiger partial charge in [0, 0.05) is 10.1 Å². The zero-order valence-electron chi connectivity index (χ0n) is 13.0. The number of anilines is 2. The van der Waals surface area contributed by atoms with Crippen molar-refractivity contribution in [1.29, 1.82) is 0 Å². The van der Waals surface area contributed by atoms with Crippen LogP contribution in [0, 0.1) is 21.0 Å². The number of carbonyl (C=O) groups excluding carboxylic acids is 1. The molecule has 26 heavy (non-hydrogen) atoms. The highest BCUT2D eigenvalue weighted by Crippen LogP contribution is 2.32. The molecule has 0 bridgehead atoms. The van der Waals surface area contributed by atoms with E-state index >= 15 is 0 Å². The van der Waals surface area contributed by atoms with Crippen molar-refractivity contribution in [2.45, 2.75) is 6.10 Å². The third kappa shape index (κ3) is 4.87. The normalized spacial score (nSPS) is 12.0. The van der Waals surface area contributed by atoms with Gasteiger partial charge in [-0.25, -0.2) is 13.2 Å². The van der Waals surface area contributed by atoms with Crippen molar-refractivity contribution >= 4 is 55.8 Å². The zero-order chi connectivity index (χ0) is 19.4. The molecule has 2 aromatic rings. The van der Waals surface area contributed by atoms with E-state index in [1.54, 1.807) is 6.07 Å². The smallest absolute Gasteiger partial charge is 0.253 e. The minimum absolute atomic E-state index is 0.143. The van der Waals surface area contributed by atoms with Crippen LogP contribution in [0.4, 0.5) is 24.5 Å². The van der Waals surface area contributed by atoms with E-state index in [4.69, 9.17) is 5.11 Å². The van der Waals surface area contributed by atoms with Gasteiger partial charge in [-0.3, -0.25) is 4.79 Å². The molecule has 0 aromatic heterocycles. The van der Waals surface area contributed by atoms with Crippen molar-refractivity contribution in [3.05, 3.63) is 55.3 Å². The molecule has 0 aliphatic rings. The molecule has 0 saturated carbocycles. The molecule has 2 rings (SSSR count). The summed E-state index contributed by atoms with van der Waals surface area (Å²) in [5.74, 6) is -4.16. The van der Waals surface area contributed by atoms with Crippen LogP contribution >= 0.6 is 38.5 Å². The van der Waals surface area contributed by atoms with E-state index in [1.807, 2.05) is 22.6 Å². The minimum atomic E-state index is -1.37. The lowest BCUT2D eigenvalue weighted by Gasteiger charge is -2.16. The minimum Gasteiger partial charge on any atom is -0.394 e. The van der Waals surface area contributed by atoms with Crippen LogP contribution in [-0.4, -0.2) is 35.4 Å². The van der Waals surface area contributed by atoms with Gasteiger partial charge in [0.05, 0.1) is 34.1 Å². The van der Waals surface area contributed by atoms with Gasteiger partial charge < -0.3 is 20.8 Å². The number of benzene rings is 2. The Morgan fingerprint density at radius 3 is 2.54 bits per heavy atom. The number of aliphatic hydroxyl groups is 2. The number of hydrogen-bond acceptors (Lipinski definition) is 4. The average molecular weight is 545 g/mol. The van der Waals surface area contributed by atoms with Gasteiger partial charge in [-0.15, -0.1) is 0 Å². The summed E-state index contributed by atoms with van der Waals surface area (Å²) in [5.41, 5.74) is -1.00. The second-order valence-electron chi connectivity index (χ2n) is 5.20. The van der Waals surface area contributed by atoms with Gasteiger partial charge >= 0.3 is 0 Å². The Kier molecular flexibility index (Phi) is 7.26. The molecule has 4 N–H and O–H groups in total. The SMILES string of the molecule is O=C(NCC(O)CO)c1cc(Br)c(F)c(F)c1Nc1ccc(I)cc1F. The molecule has 0 aliphatic heterocycles. The fourth-order valence-corrected chi connectivity index (χ4v) is 2.85. The summed E-state index contributed by atoms with van der Waals surface area (Å²) in [4.78, 5) is 12.3. The fraction of sp³-hybridized carbons (Fsp3) is 0.188. The molecule has 1 amide bonds. The van der Waals surface area contributed by atoms with Gasteiger partial charge in [0.1, 0.15) is 5.82 Å². The highest BCUT2D eigenvalue weighted by atomic mass is 127. The molecular formula is C16H13BrF3IN2O3. The summed E-state index contributed by atoms with van der Waals surface area (Å²) in [5, 5.41) is 22.8. The molecule has 0 radical (unpaired) electrons. The summed E-state index contributed by atoms with van der Waals surface area (Å²) >= 11 is 4.71. The van der Waals surface area contributed by atoms with Gasteiger partial charge in [-0.1, -0.05) is 0 Å². The Morgan fingerprint density at radius 2 is 1.92 bits per heavy atom. The maximum Gasteiger partial charge on any atom is 0.253 e. The molecule has 0 fully saturated rings. The largest absolute Gasteiger partial charge is 0.394 e. The molecule has 2 aromatic carbocycles. The van der Waals surface area contributed by atoms with Gasteiger partial charge in [0.2, 0.25) is 0 Å². The summed E-state index contributed by atoms with van der Waals surface area (Å²) in [6.07, 6.45) is -1.21. The number of amides is 1. The molecule has 140 valence electrons. The third-order valence-electron chi connectivity index (χ3n) is 3.31. The molecule has 0 heterocycles. The first-order chi connectivity index (χ1) is 12.2. The van der Waals surface area contributed by atoms with Crippen LogP contribution in [0.2, 0.25) is 0 Å². The van der Waals surface area contributed by atoms with E-state index in [9.17, 15) is 23.1 Å². The molecule has 0 aliphatic carbocycles. The second kappa shape index (κ2) is 9.02. The van der Waals surface area contributed by atoms with Crippen LogP contribution in [0.1, 0.15) is 10.4 Å². The standard InChI is InChI=1S/C16H13BrF3IN2O3/c17-10-4-9(16(26)22-5-8(25)6-24)15(14(20)13(10)19)23-12-2-1-7(21)3-11(12)18/h1-4,8,23-25H,5-6H2,(H,22,26). The predicted molar refractivity (Wildman–Crippen MR) is 102 cm³/mol. The summed E-state index contributed by atoms with van der Waals surface area (Å²) in [7, 11) is 0. The lowest BCUT2D eigenvalue weighted by molar-refractivity contribution is 0.0802. The zero-order valence-corrected chi connectivity index (χ0v) is 16.7. The van der Waals surface area contributed by atoms with Crippen LogP contribution in [0.25, 0.3) is 0 Å². The highest BCUT2D eigenvalue weighted by Gasteiger charge is 2.23. The first-order valence-electron chi connectivity index (χ1n) is 7.21. The van der Waals surface area contributed by atoms with E-state index in [1.165, 1.54) is 12.1 Å². The number of carbonyl (C=O) groups is 1. The summed E-state index contributed by atoms with van der Waals surface area (Å²) < 4.78 is 42.6. The van der Waals surface area contributed by atoms with E-state index in [0.29, 0.717) is 3.57 Å².